The molecular weight excluding hydrogens is 440 g/mol. The predicted octanol–water partition coefficient (Wildman–Crippen LogP) is 5.53. The molecule has 2 aromatic heterocycles. The molecular formula is C24H22N4O2S2. The molecule has 2 heterocycles. The molecule has 0 spiro atoms. The Kier molecular flexibility index (Phi) is 6.72. The summed E-state index contributed by atoms with van der Waals surface area (Å²) in [6.45, 7) is 4.12. The van der Waals surface area contributed by atoms with Crippen LogP contribution in [0, 0.1) is 13.8 Å². The van der Waals surface area contributed by atoms with Gasteiger partial charge in [-0.05, 0) is 66.8 Å². The average Bonchev–Trinajstić information content (AvgIpc) is 3.44. The predicted molar refractivity (Wildman–Crippen MR) is 131 cm³/mol. The van der Waals surface area contributed by atoms with Gasteiger partial charge in [-0.25, -0.2) is 4.98 Å². The zero-order valence-electron chi connectivity index (χ0n) is 17.7. The minimum atomic E-state index is -0.169. The van der Waals surface area contributed by atoms with Crippen molar-refractivity contribution in [2.75, 3.05) is 16.4 Å². The summed E-state index contributed by atoms with van der Waals surface area (Å²) in [5.74, 6) is -0.0999. The molecule has 0 radical (unpaired) electrons. The fraction of sp³-hybridized carbons (Fsp3) is 0.125. The van der Waals surface area contributed by atoms with E-state index in [1.54, 1.807) is 36.5 Å². The third-order valence-electron chi connectivity index (χ3n) is 4.57. The second kappa shape index (κ2) is 9.84. The number of anilines is 2. The zero-order chi connectivity index (χ0) is 22.5. The van der Waals surface area contributed by atoms with Crippen LogP contribution >= 0.6 is 23.1 Å². The summed E-state index contributed by atoms with van der Waals surface area (Å²) in [6.07, 6.45) is 3.63. The molecule has 0 aliphatic heterocycles. The second-order valence-electron chi connectivity index (χ2n) is 7.27. The molecule has 0 bridgehead atoms. The van der Waals surface area contributed by atoms with Crippen LogP contribution in [0.4, 0.5) is 11.4 Å². The monoisotopic (exact) mass is 462 g/mol. The van der Waals surface area contributed by atoms with Gasteiger partial charge in [-0.15, -0.1) is 11.3 Å². The number of rotatable bonds is 7. The van der Waals surface area contributed by atoms with Crippen LogP contribution in [0.3, 0.4) is 0 Å². The number of aryl methyl sites for hydroxylation is 2. The lowest BCUT2D eigenvalue weighted by Crippen LogP contribution is -2.15. The number of nitrogens with one attached hydrogen (secondary N) is 2. The van der Waals surface area contributed by atoms with Crippen LogP contribution in [0.15, 0.2) is 77.5 Å². The fourth-order valence-corrected chi connectivity index (χ4v) is 4.68. The number of carbonyl (C=O) groups is 2. The number of nitrogens with zero attached hydrogens (tertiary/aromatic N) is 2. The first-order valence-electron chi connectivity index (χ1n) is 9.97. The third kappa shape index (κ3) is 5.46. The van der Waals surface area contributed by atoms with Gasteiger partial charge in [0.25, 0.3) is 5.91 Å². The van der Waals surface area contributed by atoms with Crippen molar-refractivity contribution in [3.05, 3.63) is 88.4 Å². The SMILES string of the molecule is Cc1cc(C)cc(-n2ccnc2SCC(=O)Nc2cccc(NC(=O)c3cccs3)c2)c1. The Morgan fingerprint density at radius 3 is 2.47 bits per heavy atom. The smallest absolute Gasteiger partial charge is 0.265 e. The van der Waals surface area contributed by atoms with Crippen LogP contribution in [0.1, 0.15) is 20.8 Å². The van der Waals surface area contributed by atoms with Crippen LogP contribution in [0.5, 0.6) is 0 Å². The molecule has 2 N–H and O–H groups in total. The first-order valence-corrected chi connectivity index (χ1v) is 11.8. The summed E-state index contributed by atoms with van der Waals surface area (Å²) in [6, 6.07) is 17.0. The average molecular weight is 463 g/mol. The van der Waals surface area contributed by atoms with Gasteiger partial charge in [-0.3, -0.25) is 14.2 Å². The fourth-order valence-electron chi connectivity index (χ4n) is 3.29. The van der Waals surface area contributed by atoms with E-state index >= 15 is 0 Å². The molecule has 0 aliphatic carbocycles. The van der Waals surface area contributed by atoms with E-state index in [0.29, 0.717) is 16.3 Å². The highest BCUT2D eigenvalue weighted by molar-refractivity contribution is 7.99. The van der Waals surface area contributed by atoms with Crippen molar-refractivity contribution in [3.8, 4) is 5.69 Å². The topological polar surface area (TPSA) is 76.0 Å². The van der Waals surface area contributed by atoms with E-state index in [-0.39, 0.29) is 17.6 Å². The lowest BCUT2D eigenvalue weighted by atomic mass is 10.1. The van der Waals surface area contributed by atoms with Gasteiger partial charge in [0.15, 0.2) is 5.16 Å². The van der Waals surface area contributed by atoms with Gasteiger partial charge in [0.2, 0.25) is 5.91 Å². The summed E-state index contributed by atoms with van der Waals surface area (Å²) in [5, 5.41) is 8.34. The highest BCUT2D eigenvalue weighted by atomic mass is 32.2. The molecule has 32 heavy (non-hydrogen) atoms. The minimum absolute atomic E-state index is 0.147. The molecule has 0 saturated carbocycles. The number of aromatic nitrogens is 2. The molecule has 4 rings (SSSR count). The summed E-state index contributed by atoms with van der Waals surface area (Å²) in [5.41, 5.74) is 4.62. The normalized spacial score (nSPS) is 10.7. The van der Waals surface area contributed by atoms with E-state index in [1.165, 1.54) is 34.2 Å². The highest BCUT2D eigenvalue weighted by Gasteiger charge is 2.11. The molecule has 2 amide bonds. The molecule has 162 valence electrons. The standard InChI is InChI=1S/C24H22N4O2S2/c1-16-11-17(2)13-20(12-16)28-9-8-25-24(28)32-15-22(29)26-18-5-3-6-19(14-18)27-23(30)21-7-4-10-31-21/h3-14H,15H2,1-2H3,(H,26,29)(H,27,30). The largest absolute Gasteiger partial charge is 0.325 e. The minimum Gasteiger partial charge on any atom is -0.325 e. The number of amides is 2. The van der Waals surface area contributed by atoms with Crippen LogP contribution in [-0.2, 0) is 4.79 Å². The quantitative estimate of drug-likeness (QED) is 0.354. The Morgan fingerprint density at radius 2 is 1.75 bits per heavy atom. The van der Waals surface area contributed by atoms with E-state index in [9.17, 15) is 9.59 Å². The summed E-state index contributed by atoms with van der Waals surface area (Å²) in [7, 11) is 0. The van der Waals surface area contributed by atoms with Crippen LogP contribution in [-0.4, -0.2) is 27.1 Å². The third-order valence-corrected chi connectivity index (χ3v) is 6.41. The summed E-state index contributed by atoms with van der Waals surface area (Å²) < 4.78 is 1.98. The van der Waals surface area contributed by atoms with E-state index < -0.39 is 0 Å². The molecule has 0 saturated heterocycles. The summed E-state index contributed by atoms with van der Waals surface area (Å²) in [4.78, 5) is 29.8. The van der Waals surface area contributed by atoms with Gasteiger partial charge in [0.05, 0.1) is 10.6 Å². The van der Waals surface area contributed by atoms with Gasteiger partial charge >= 0.3 is 0 Å². The van der Waals surface area contributed by atoms with Gasteiger partial charge < -0.3 is 10.6 Å². The Labute approximate surface area is 194 Å². The maximum absolute atomic E-state index is 12.5. The molecule has 4 aromatic rings. The van der Waals surface area contributed by atoms with Crippen LogP contribution in [0.25, 0.3) is 5.69 Å². The second-order valence-corrected chi connectivity index (χ2v) is 9.17. The number of hydrogen-bond donors (Lipinski definition) is 2. The zero-order valence-corrected chi connectivity index (χ0v) is 19.3. The van der Waals surface area contributed by atoms with E-state index in [4.69, 9.17) is 0 Å². The highest BCUT2D eigenvalue weighted by Crippen LogP contribution is 2.23. The molecule has 0 atom stereocenters. The molecule has 0 fully saturated rings. The van der Waals surface area contributed by atoms with Crippen LogP contribution in [0.2, 0.25) is 0 Å². The Bertz CT molecular complexity index is 1230. The molecule has 8 heteroatoms. The number of hydrogen-bond acceptors (Lipinski definition) is 5. The summed E-state index contributed by atoms with van der Waals surface area (Å²) >= 11 is 2.75. The van der Waals surface area contributed by atoms with Crippen molar-refractivity contribution in [1.29, 1.82) is 0 Å². The molecule has 0 aliphatic rings. The van der Waals surface area contributed by atoms with Crippen molar-refractivity contribution < 1.29 is 9.59 Å². The van der Waals surface area contributed by atoms with E-state index in [1.807, 2.05) is 22.2 Å². The van der Waals surface area contributed by atoms with Gasteiger partial charge in [-0.2, -0.15) is 0 Å². The Morgan fingerprint density at radius 1 is 1.00 bits per heavy atom. The Hall–Kier alpha value is -3.36. The molecule has 6 nitrogen and oxygen atoms in total. The Balaban J connectivity index is 1.37. The van der Waals surface area contributed by atoms with Crippen molar-refractivity contribution in [1.82, 2.24) is 9.55 Å². The van der Waals surface area contributed by atoms with Crippen molar-refractivity contribution in [2.24, 2.45) is 0 Å². The van der Waals surface area contributed by atoms with Gasteiger partial charge in [0, 0.05) is 29.5 Å². The lowest BCUT2D eigenvalue weighted by molar-refractivity contribution is -0.113. The number of imidazole rings is 1. The van der Waals surface area contributed by atoms with Crippen molar-refractivity contribution in [2.45, 2.75) is 19.0 Å². The first-order chi connectivity index (χ1) is 15.5. The maximum Gasteiger partial charge on any atom is 0.265 e. The number of benzene rings is 2. The van der Waals surface area contributed by atoms with Gasteiger partial charge in [0.1, 0.15) is 0 Å². The van der Waals surface area contributed by atoms with E-state index in [0.717, 1.165) is 10.8 Å². The van der Waals surface area contributed by atoms with Gasteiger partial charge in [-0.1, -0.05) is 30.0 Å². The maximum atomic E-state index is 12.5. The van der Waals surface area contributed by atoms with Crippen molar-refractivity contribution >= 4 is 46.3 Å². The lowest BCUT2D eigenvalue weighted by Gasteiger charge is -2.10. The molecule has 2 aromatic carbocycles. The van der Waals surface area contributed by atoms with E-state index in [2.05, 4.69) is 47.7 Å². The first kappa shape index (κ1) is 21.9. The molecule has 0 unspecified atom stereocenters. The number of carbonyl (C=O) groups excluding carboxylic acids is 2. The van der Waals surface area contributed by atoms with Crippen LogP contribution < -0.4 is 10.6 Å². The number of thiophene rings is 1. The van der Waals surface area contributed by atoms with Crippen molar-refractivity contribution in [3.63, 3.8) is 0 Å². The number of thioether (sulfide) groups is 1.